The average molecular weight is 394 g/mol. The largest absolute Gasteiger partial charge is 0.344 e. The van der Waals surface area contributed by atoms with E-state index in [2.05, 4.69) is 5.32 Å². The molecule has 0 spiro atoms. The molecule has 0 aromatic heterocycles. The van der Waals surface area contributed by atoms with E-state index in [0.717, 1.165) is 22.3 Å². The van der Waals surface area contributed by atoms with Crippen molar-refractivity contribution in [2.24, 2.45) is 0 Å². The van der Waals surface area contributed by atoms with Crippen LogP contribution in [0.2, 0.25) is 0 Å². The summed E-state index contributed by atoms with van der Waals surface area (Å²) in [5, 5.41) is 2.68. The number of piperazine rings is 1. The molecule has 0 unspecified atom stereocenters. The van der Waals surface area contributed by atoms with Gasteiger partial charge in [-0.05, 0) is 56.4 Å². The molecular weight excluding hydrogens is 366 g/mol. The van der Waals surface area contributed by atoms with E-state index in [0.29, 0.717) is 30.8 Å². The van der Waals surface area contributed by atoms with Crippen molar-refractivity contribution in [3.63, 3.8) is 0 Å². The van der Waals surface area contributed by atoms with Crippen molar-refractivity contribution in [2.45, 2.75) is 51.5 Å². The van der Waals surface area contributed by atoms with Crippen LogP contribution >= 0.6 is 0 Å². The lowest BCUT2D eigenvalue weighted by molar-refractivity contribution is -0.135. The van der Waals surface area contributed by atoms with E-state index in [1.54, 1.807) is 4.90 Å². The predicted octanol–water partition coefficient (Wildman–Crippen LogP) is 1.03. The molecule has 7 nitrogen and oxygen atoms in total. The van der Waals surface area contributed by atoms with Gasteiger partial charge in [-0.15, -0.1) is 0 Å². The van der Waals surface area contributed by atoms with Crippen LogP contribution < -0.4 is 5.32 Å². The molecule has 1 atom stereocenters. The SMILES string of the molecule is Cc1cc(C)c(C)c(S(=O)(=O)N2CCN(C(=O)[C@@H]3CCC(=O)N3)CC2)c1C. The molecule has 2 heterocycles. The minimum Gasteiger partial charge on any atom is -0.344 e. The topological polar surface area (TPSA) is 86.8 Å². The lowest BCUT2D eigenvalue weighted by Gasteiger charge is -2.35. The number of amides is 2. The van der Waals surface area contributed by atoms with Gasteiger partial charge in [0.2, 0.25) is 21.8 Å². The molecule has 2 amide bonds. The zero-order valence-corrected chi connectivity index (χ0v) is 17.1. The van der Waals surface area contributed by atoms with E-state index in [1.807, 2.05) is 33.8 Å². The fourth-order valence-corrected chi connectivity index (χ4v) is 5.86. The molecular formula is C19H27N3O4S. The zero-order valence-electron chi connectivity index (χ0n) is 16.3. The van der Waals surface area contributed by atoms with Gasteiger partial charge in [0.15, 0.2) is 0 Å². The molecule has 148 valence electrons. The van der Waals surface area contributed by atoms with Crippen molar-refractivity contribution in [3.05, 3.63) is 28.3 Å². The molecule has 2 aliphatic rings. The second-order valence-corrected chi connectivity index (χ2v) is 9.35. The average Bonchev–Trinajstić information content (AvgIpc) is 3.06. The minimum atomic E-state index is -3.62. The molecule has 1 aromatic rings. The van der Waals surface area contributed by atoms with Crippen molar-refractivity contribution in [2.75, 3.05) is 26.2 Å². The molecule has 0 bridgehead atoms. The van der Waals surface area contributed by atoms with Crippen LogP contribution in [-0.4, -0.2) is 61.7 Å². The van der Waals surface area contributed by atoms with Crippen LogP contribution in [0.5, 0.6) is 0 Å². The van der Waals surface area contributed by atoms with Crippen molar-refractivity contribution < 1.29 is 18.0 Å². The maximum absolute atomic E-state index is 13.3. The fraction of sp³-hybridized carbons (Fsp3) is 0.579. The van der Waals surface area contributed by atoms with Gasteiger partial charge in [0.05, 0.1) is 4.90 Å². The minimum absolute atomic E-state index is 0.102. The van der Waals surface area contributed by atoms with Gasteiger partial charge in [0, 0.05) is 32.6 Å². The maximum Gasteiger partial charge on any atom is 0.245 e. The second kappa shape index (κ2) is 7.24. The lowest BCUT2D eigenvalue weighted by Crippen LogP contribution is -2.54. The third-order valence-corrected chi connectivity index (χ3v) is 7.91. The highest BCUT2D eigenvalue weighted by Crippen LogP contribution is 2.29. The smallest absolute Gasteiger partial charge is 0.245 e. The number of aryl methyl sites for hydroxylation is 2. The number of nitrogens with zero attached hydrogens (tertiary/aromatic N) is 2. The number of carbonyl (C=O) groups is 2. The Balaban J connectivity index is 1.76. The van der Waals surface area contributed by atoms with Crippen LogP contribution in [0.15, 0.2) is 11.0 Å². The standard InChI is InChI=1S/C19H27N3O4S/c1-12-11-13(2)15(4)18(14(12)3)27(25,26)22-9-7-21(8-10-22)19(24)16-5-6-17(23)20-16/h11,16H,5-10H2,1-4H3,(H,20,23)/t16-/m0/s1. The number of rotatable bonds is 3. The highest BCUT2D eigenvalue weighted by Gasteiger charge is 2.36. The Hall–Kier alpha value is -1.93. The summed E-state index contributed by atoms with van der Waals surface area (Å²) in [5.74, 6) is -0.216. The molecule has 3 rings (SSSR count). The van der Waals surface area contributed by atoms with Crippen LogP contribution in [0.1, 0.15) is 35.1 Å². The van der Waals surface area contributed by atoms with Gasteiger partial charge in [-0.1, -0.05) is 6.07 Å². The summed E-state index contributed by atoms with van der Waals surface area (Å²) in [6, 6.07) is 1.54. The molecule has 1 aromatic carbocycles. The number of carbonyl (C=O) groups excluding carboxylic acids is 2. The van der Waals surface area contributed by atoms with E-state index in [9.17, 15) is 18.0 Å². The summed E-state index contributed by atoms with van der Waals surface area (Å²) in [4.78, 5) is 25.9. The Morgan fingerprint density at radius 3 is 2.07 bits per heavy atom. The van der Waals surface area contributed by atoms with Gasteiger partial charge in [0.25, 0.3) is 0 Å². The van der Waals surface area contributed by atoms with Crippen molar-refractivity contribution in [1.29, 1.82) is 0 Å². The molecule has 0 saturated carbocycles. The molecule has 1 N–H and O–H groups in total. The van der Waals surface area contributed by atoms with E-state index < -0.39 is 16.1 Å². The summed E-state index contributed by atoms with van der Waals surface area (Å²) in [6.45, 7) is 8.75. The lowest BCUT2D eigenvalue weighted by atomic mass is 10.0. The molecule has 0 aliphatic carbocycles. The zero-order chi connectivity index (χ0) is 19.9. The Kier molecular flexibility index (Phi) is 5.31. The van der Waals surface area contributed by atoms with Crippen LogP contribution in [0.4, 0.5) is 0 Å². The summed E-state index contributed by atoms with van der Waals surface area (Å²) < 4.78 is 28.0. The normalized spacial score (nSPS) is 21.4. The fourth-order valence-electron chi connectivity index (χ4n) is 3.87. The first kappa shape index (κ1) is 19.8. The van der Waals surface area contributed by atoms with E-state index in [-0.39, 0.29) is 24.9 Å². The number of hydrogen-bond acceptors (Lipinski definition) is 4. The molecule has 27 heavy (non-hydrogen) atoms. The number of hydrogen-bond donors (Lipinski definition) is 1. The van der Waals surface area contributed by atoms with E-state index in [4.69, 9.17) is 0 Å². The van der Waals surface area contributed by atoms with Gasteiger partial charge < -0.3 is 10.2 Å². The van der Waals surface area contributed by atoms with E-state index >= 15 is 0 Å². The highest BCUT2D eigenvalue weighted by atomic mass is 32.2. The van der Waals surface area contributed by atoms with Crippen LogP contribution in [-0.2, 0) is 19.6 Å². The molecule has 0 radical (unpaired) electrons. The van der Waals surface area contributed by atoms with E-state index in [1.165, 1.54) is 4.31 Å². The first-order valence-corrected chi connectivity index (χ1v) is 10.7. The maximum atomic E-state index is 13.3. The molecule has 2 aliphatic heterocycles. The Labute approximate surface area is 160 Å². The first-order chi connectivity index (χ1) is 12.6. The Bertz CT molecular complexity index is 860. The van der Waals surface area contributed by atoms with Gasteiger partial charge in [-0.25, -0.2) is 8.42 Å². The van der Waals surface area contributed by atoms with Crippen molar-refractivity contribution in [1.82, 2.24) is 14.5 Å². The quantitative estimate of drug-likeness (QED) is 0.831. The van der Waals surface area contributed by atoms with Crippen molar-refractivity contribution in [3.8, 4) is 0 Å². The monoisotopic (exact) mass is 393 g/mol. The summed E-state index contributed by atoms with van der Waals surface area (Å²) in [6.07, 6.45) is 0.882. The van der Waals surface area contributed by atoms with Crippen LogP contribution in [0.25, 0.3) is 0 Å². The first-order valence-electron chi connectivity index (χ1n) is 9.28. The van der Waals surface area contributed by atoms with Gasteiger partial charge in [0.1, 0.15) is 6.04 Å². The third kappa shape index (κ3) is 3.60. The Morgan fingerprint density at radius 2 is 1.59 bits per heavy atom. The summed E-state index contributed by atoms with van der Waals surface area (Å²) >= 11 is 0. The number of nitrogens with one attached hydrogen (secondary N) is 1. The molecule has 2 saturated heterocycles. The van der Waals surface area contributed by atoms with Gasteiger partial charge in [-0.3, -0.25) is 9.59 Å². The van der Waals surface area contributed by atoms with Gasteiger partial charge in [-0.2, -0.15) is 4.31 Å². The van der Waals surface area contributed by atoms with Crippen LogP contribution in [0.3, 0.4) is 0 Å². The predicted molar refractivity (Wildman–Crippen MR) is 102 cm³/mol. The number of benzene rings is 1. The molecule has 2 fully saturated rings. The van der Waals surface area contributed by atoms with Crippen LogP contribution in [0, 0.1) is 27.7 Å². The summed E-state index contributed by atoms with van der Waals surface area (Å²) in [5.41, 5.74) is 3.49. The van der Waals surface area contributed by atoms with Crippen molar-refractivity contribution >= 4 is 21.8 Å². The molecule has 8 heteroatoms. The highest BCUT2D eigenvalue weighted by molar-refractivity contribution is 7.89. The third-order valence-electron chi connectivity index (χ3n) is 5.74. The number of sulfonamides is 1. The van der Waals surface area contributed by atoms with Gasteiger partial charge >= 0.3 is 0 Å². The second-order valence-electron chi connectivity index (χ2n) is 7.48. The Morgan fingerprint density at radius 1 is 1.04 bits per heavy atom. The summed E-state index contributed by atoms with van der Waals surface area (Å²) in [7, 11) is -3.62.